The largest absolute Gasteiger partial charge is 0.433 e. The number of carbonyl (C=O) groups is 1. The molecule has 0 saturated carbocycles. The Kier molecular flexibility index (Phi) is 5.23. The highest BCUT2D eigenvalue weighted by Gasteiger charge is 2.33. The fourth-order valence-corrected chi connectivity index (χ4v) is 3.58. The molecule has 0 saturated heterocycles. The molecule has 4 rings (SSSR count). The Bertz CT molecular complexity index is 1120. The Labute approximate surface area is 172 Å². The monoisotopic (exact) mass is 440 g/mol. The summed E-state index contributed by atoms with van der Waals surface area (Å²) in [6.07, 6.45) is -2.35. The smallest absolute Gasteiger partial charge is 0.342 e. The number of carbonyl (C=O) groups excluding carboxylic acids is 1. The molecule has 7 nitrogen and oxygen atoms in total. The Morgan fingerprint density at radius 3 is 2.71 bits per heavy atom. The van der Waals surface area contributed by atoms with Crippen LogP contribution < -0.4 is 5.32 Å². The first-order valence-corrected chi connectivity index (χ1v) is 9.40. The van der Waals surface area contributed by atoms with Crippen LogP contribution in [0.2, 0.25) is 0 Å². The second-order valence-electron chi connectivity index (χ2n) is 7.17. The van der Waals surface area contributed by atoms with Crippen LogP contribution >= 0.6 is 0 Å². The van der Waals surface area contributed by atoms with Gasteiger partial charge in [-0.05, 0) is 44.0 Å². The summed E-state index contributed by atoms with van der Waals surface area (Å²) in [5, 5.41) is 10.7. The first-order chi connectivity index (χ1) is 14.6. The number of pyridine rings is 1. The number of alkyl halides is 5. The zero-order valence-electron chi connectivity index (χ0n) is 16.2. The van der Waals surface area contributed by atoms with Crippen molar-refractivity contribution < 1.29 is 26.7 Å². The van der Waals surface area contributed by atoms with Crippen molar-refractivity contribution >= 4 is 5.91 Å². The molecule has 4 heterocycles. The molecule has 3 aromatic heterocycles. The van der Waals surface area contributed by atoms with Crippen LogP contribution in [0.4, 0.5) is 22.0 Å². The number of nitrogens with one attached hydrogen (secondary N) is 1. The summed E-state index contributed by atoms with van der Waals surface area (Å²) < 4.78 is 67.2. The molecular weight excluding hydrogens is 423 g/mol. The molecule has 0 bridgehead atoms. The van der Waals surface area contributed by atoms with E-state index in [1.54, 1.807) is 10.7 Å². The highest BCUT2D eigenvalue weighted by Crippen LogP contribution is 2.33. The van der Waals surface area contributed by atoms with Crippen LogP contribution in [-0.2, 0) is 12.7 Å². The van der Waals surface area contributed by atoms with Crippen molar-refractivity contribution in [2.75, 3.05) is 0 Å². The number of halogens is 5. The van der Waals surface area contributed by atoms with Gasteiger partial charge in [0.2, 0.25) is 0 Å². The first-order valence-electron chi connectivity index (χ1n) is 9.40. The quantitative estimate of drug-likeness (QED) is 0.619. The average molecular weight is 440 g/mol. The molecule has 3 aromatic rings. The van der Waals surface area contributed by atoms with Crippen LogP contribution in [0.3, 0.4) is 0 Å². The molecule has 1 unspecified atom stereocenters. The lowest BCUT2D eigenvalue weighted by Gasteiger charge is -2.24. The topological polar surface area (TPSA) is 77.6 Å². The lowest BCUT2D eigenvalue weighted by Crippen LogP contribution is -2.34. The number of nitrogens with zero attached hydrogens (tertiary/aromatic N) is 5. The summed E-state index contributed by atoms with van der Waals surface area (Å²) in [4.78, 5) is 16.0. The molecule has 1 atom stereocenters. The van der Waals surface area contributed by atoms with Gasteiger partial charge < -0.3 is 5.32 Å². The van der Waals surface area contributed by atoms with E-state index in [4.69, 9.17) is 0 Å². The highest BCUT2D eigenvalue weighted by molar-refractivity contribution is 5.93. The number of aromatic nitrogens is 5. The third-order valence-electron chi connectivity index (χ3n) is 4.96. The SMILES string of the molecule is Cc1cc(C(=O)NC2CCCn3nc(-c4ccnc(C(F)(F)F)c4)cc32)n(C(F)F)n1. The van der Waals surface area contributed by atoms with E-state index in [9.17, 15) is 26.7 Å². The number of hydrogen-bond donors (Lipinski definition) is 1. The van der Waals surface area contributed by atoms with Gasteiger partial charge in [-0.1, -0.05) is 0 Å². The second-order valence-corrected chi connectivity index (χ2v) is 7.17. The molecule has 164 valence electrons. The van der Waals surface area contributed by atoms with E-state index in [0.29, 0.717) is 35.5 Å². The average Bonchev–Trinajstić information content (AvgIpc) is 3.32. The number of fused-ring (bicyclic) bond motifs is 1. The Morgan fingerprint density at radius 1 is 1.23 bits per heavy atom. The van der Waals surface area contributed by atoms with Crippen molar-refractivity contribution in [2.45, 2.75) is 45.1 Å². The maximum atomic E-state index is 13.1. The zero-order chi connectivity index (χ0) is 22.3. The van der Waals surface area contributed by atoms with Gasteiger partial charge in [0, 0.05) is 18.3 Å². The molecule has 0 aromatic carbocycles. The van der Waals surface area contributed by atoms with Gasteiger partial charge in [-0.15, -0.1) is 0 Å². The minimum Gasteiger partial charge on any atom is -0.342 e. The van der Waals surface area contributed by atoms with E-state index in [1.807, 2.05) is 0 Å². The summed E-state index contributed by atoms with van der Waals surface area (Å²) in [6, 6.07) is 4.65. The lowest BCUT2D eigenvalue weighted by molar-refractivity contribution is -0.141. The van der Waals surface area contributed by atoms with Gasteiger partial charge in [-0.2, -0.15) is 36.8 Å². The van der Waals surface area contributed by atoms with E-state index in [2.05, 4.69) is 20.5 Å². The molecule has 0 aliphatic carbocycles. The standard InChI is InChI=1S/C19H17F5N6O/c1-10-7-15(30(27-10)18(20)21)17(31)26-12-3-2-6-29-14(12)9-13(28-29)11-4-5-25-16(8-11)19(22,23)24/h4-5,7-9,12,18H,2-3,6H2,1H3,(H,26,31). The van der Waals surface area contributed by atoms with Crippen molar-refractivity contribution in [1.29, 1.82) is 0 Å². The van der Waals surface area contributed by atoms with Crippen molar-refractivity contribution in [3.05, 3.63) is 53.2 Å². The molecule has 0 radical (unpaired) electrons. The predicted octanol–water partition coefficient (Wildman–Crippen LogP) is 4.13. The summed E-state index contributed by atoms with van der Waals surface area (Å²) in [5.74, 6) is -0.717. The van der Waals surface area contributed by atoms with Crippen LogP contribution in [0.15, 0.2) is 30.5 Å². The van der Waals surface area contributed by atoms with Gasteiger partial charge in [0.1, 0.15) is 11.4 Å². The Hall–Kier alpha value is -3.31. The van der Waals surface area contributed by atoms with E-state index >= 15 is 0 Å². The van der Waals surface area contributed by atoms with Gasteiger partial charge in [0.25, 0.3) is 5.91 Å². The van der Waals surface area contributed by atoms with E-state index in [1.165, 1.54) is 19.1 Å². The minimum absolute atomic E-state index is 0.237. The van der Waals surface area contributed by atoms with Crippen molar-refractivity contribution in [3.8, 4) is 11.3 Å². The Morgan fingerprint density at radius 2 is 2.00 bits per heavy atom. The van der Waals surface area contributed by atoms with Crippen LogP contribution in [0.5, 0.6) is 0 Å². The van der Waals surface area contributed by atoms with Crippen LogP contribution in [-0.4, -0.2) is 30.5 Å². The molecule has 1 aliphatic rings. The molecule has 1 amide bonds. The molecule has 0 spiro atoms. The third kappa shape index (κ3) is 4.14. The van der Waals surface area contributed by atoms with Gasteiger partial charge in [0.15, 0.2) is 0 Å². The maximum Gasteiger partial charge on any atom is 0.433 e. The van der Waals surface area contributed by atoms with E-state index < -0.39 is 30.4 Å². The normalized spacial score (nSPS) is 16.4. The summed E-state index contributed by atoms with van der Waals surface area (Å²) in [7, 11) is 0. The number of hydrogen-bond acceptors (Lipinski definition) is 4. The Balaban J connectivity index is 1.61. The lowest BCUT2D eigenvalue weighted by atomic mass is 10.0. The minimum atomic E-state index is -4.59. The number of aryl methyl sites for hydroxylation is 2. The van der Waals surface area contributed by atoms with Gasteiger partial charge >= 0.3 is 12.7 Å². The van der Waals surface area contributed by atoms with Crippen LogP contribution in [0.1, 0.15) is 53.0 Å². The molecule has 1 aliphatic heterocycles. The molecule has 12 heteroatoms. The summed E-state index contributed by atoms with van der Waals surface area (Å²) >= 11 is 0. The van der Waals surface area contributed by atoms with Gasteiger partial charge in [0.05, 0.1) is 23.1 Å². The van der Waals surface area contributed by atoms with E-state index in [0.717, 1.165) is 12.3 Å². The fourth-order valence-electron chi connectivity index (χ4n) is 3.58. The predicted molar refractivity (Wildman–Crippen MR) is 98.1 cm³/mol. The van der Waals surface area contributed by atoms with Crippen LogP contribution in [0, 0.1) is 6.92 Å². The van der Waals surface area contributed by atoms with Gasteiger partial charge in [-0.25, -0.2) is 0 Å². The molecular formula is C19H17F5N6O. The zero-order valence-corrected chi connectivity index (χ0v) is 16.2. The van der Waals surface area contributed by atoms with E-state index in [-0.39, 0.29) is 17.0 Å². The summed E-state index contributed by atoms with van der Waals surface area (Å²) in [6.45, 7) is -0.943. The number of amides is 1. The van der Waals surface area contributed by atoms with Crippen molar-refractivity contribution in [1.82, 2.24) is 29.9 Å². The summed E-state index contributed by atoms with van der Waals surface area (Å²) in [5.41, 5.74) is 0.0994. The highest BCUT2D eigenvalue weighted by atomic mass is 19.4. The van der Waals surface area contributed by atoms with Crippen LogP contribution in [0.25, 0.3) is 11.3 Å². The maximum absolute atomic E-state index is 13.1. The first kappa shape index (κ1) is 20.9. The van der Waals surface area contributed by atoms with Crippen molar-refractivity contribution in [3.63, 3.8) is 0 Å². The van der Waals surface area contributed by atoms with Crippen molar-refractivity contribution in [2.24, 2.45) is 0 Å². The molecule has 1 N–H and O–H groups in total. The molecule has 31 heavy (non-hydrogen) atoms. The molecule has 0 fully saturated rings. The van der Waals surface area contributed by atoms with Gasteiger partial charge in [-0.3, -0.25) is 14.5 Å². The fraction of sp³-hybridized carbons (Fsp3) is 0.368. The second kappa shape index (κ2) is 7.75. The number of rotatable bonds is 4. The third-order valence-corrected chi connectivity index (χ3v) is 4.96.